The second-order valence-corrected chi connectivity index (χ2v) is 4.31. The minimum Gasteiger partial charge on any atom is -0.383 e. The Morgan fingerprint density at radius 1 is 1.28 bits per heavy atom. The zero-order valence-electron chi connectivity index (χ0n) is 10.7. The molecule has 0 aliphatic heterocycles. The predicted octanol–water partition coefficient (Wildman–Crippen LogP) is 2.41. The van der Waals surface area contributed by atoms with Crippen molar-refractivity contribution in [2.75, 3.05) is 26.8 Å². The van der Waals surface area contributed by atoms with Crippen LogP contribution in [-0.2, 0) is 11.3 Å². The molecule has 0 saturated carbocycles. The molecular weight excluding hydrogens is 231 g/mol. The van der Waals surface area contributed by atoms with E-state index in [4.69, 9.17) is 4.74 Å². The van der Waals surface area contributed by atoms with Crippen LogP contribution in [0.1, 0.15) is 6.42 Å². The molecule has 98 valence electrons. The summed E-state index contributed by atoms with van der Waals surface area (Å²) in [6, 6.07) is 6.93. The van der Waals surface area contributed by atoms with Crippen molar-refractivity contribution >= 4 is 10.9 Å². The van der Waals surface area contributed by atoms with E-state index in [1.54, 1.807) is 13.2 Å². The van der Waals surface area contributed by atoms with Crippen LogP contribution in [0.2, 0.25) is 0 Å². The normalized spacial score (nSPS) is 11.2. The third kappa shape index (κ3) is 3.31. The van der Waals surface area contributed by atoms with E-state index >= 15 is 0 Å². The van der Waals surface area contributed by atoms with E-state index in [1.807, 2.05) is 18.3 Å². The van der Waals surface area contributed by atoms with E-state index in [0.29, 0.717) is 0 Å². The predicted molar refractivity (Wildman–Crippen MR) is 71.3 cm³/mol. The van der Waals surface area contributed by atoms with Crippen LogP contribution in [0.3, 0.4) is 0 Å². The number of nitrogens with one attached hydrogen (secondary N) is 1. The summed E-state index contributed by atoms with van der Waals surface area (Å²) >= 11 is 0. The van der Waals surface area contributed by atoms with Crippen molar-refractivity contribution in [2.24, 2.45) is 0 Å². The molecule has 0 unspecified atom stereocenters. The van der Waals surface area contributed by atoms with E-state index in [1.165, 1.54) is 6.07 Å². The molecule has 0 saturated heterocycles. The zero-order valence-corrected chi connectivity index (χ0v) is 10.7. The molecule has 0 spiro atoms. The number of hydrogen-bond donors (Lipinski definition) is 1. The summed E-state index contributed by atoms with van der Waals surface area (Å²) in [6.07, 6.45) is 3.03. The van der Waals surface area contributed by atoms with Gasteiger partial charge in [-0.1, -0.05) is 0 Å². The molecule has 0 radical (unpaired) electrons. The minimum absolute atomic E-state index is 0.180. The number of benzene rings is 1. The first-order valence-electron chi connectivity index (χ1n) is 6.25. The molecule has 0 aliphatic rings. The molecule has 0 aliphatic carbocycles. The number of aryl methyl sites for hydroxylation is 1. The summed E-state index contributed by atoms with van der Waals surface area (Å²) in [4.78, 5) is 0. The lowest BCUT2D eigenvalue weighted by Crippen LogP contribution is -2.21. The SMILES string of the molecule is COCCNCCCn1ccc2ccc(F)cc21. The van der Waals surface area contributed by atoms with Crippen LogP contribution in [0.5, 0.6) is 0 Å². The van der Waals surface area contributed by atoms with Crippen LogP contribution in [0, 0.1) is 5.82 Å². The number of aromatic nitrogens is 1. The summed E-state index contributed by atoms with van der Waals surface area (Å²) in [5.74, 6) is -0.180. The Hall–Kier alpha value is -1.39. The van der Waals surface area contributed by atoms with Crippen LogP contribution in [-0.4, -0.2) is 31.4 Å². The van der Waals surface area contributed by atoms with E-state index in [9.17, 15) is 4.39 Å². The third-order valence-corrected chi connectivity index (χ3v) is 2.97. The summed E-state index contributed by atoms with van der Waals surface area (Å²) < 4.78 is 20.2. The van der Waals surface area contributed by atoms with Crippen molar-refractivity contribution in [3.8, 4) is 0 Å². The molecule has 4 heteroatoms. The Bertz CT molecular complexity index is 495. The van der Waals surface area contributed by atoms with Gasteiger partial charge in [0.25, 0.3) is 0 Å². The molecule has 0 amide bonds. The van der Waals surface area contributed by atoms with Gasteiger partial charge >= 0.3 is 0 Å². The maximum Gasteiger partial charge on any atom is 0.125 e. The first-order chi connectivity index (χ1) is 8.81. The number of ether oxygens (including phenoxy) is 1. The molecule has 18 heavy (non-hydrogen) atoms. The Balaban J connectivity index is 1.86. The fraction of sp³-hybridized carbons (Fsp3) is 0.429. The average molecular weight is 250 g/mol. The molecule has 1 aromatic heterocycles. The molecule has 0 fully saturated rings. The fourth-order valence-electron chi connectivity index (χ4n) is 2.03. The molecule has 1 N–H and O–H groups in total. The molecule has 0 atom stereocenters. The maximum atomic E-state index is 13.2. The van der Waals surface area contributed by atoms with E-state index in [-0.39, 0.29) is 5.82 Å². The summed E-state index contributed by atoms with van der Waals surface area (Å²) in [6.45, 7) is 3.44. The highest BCUT2D eigenvalue weighted by Crippen LogP contribution is 2.17. The molecule has 0 bridgehead atoms. The van der Waals surface area contributed by atoms with Crippen molar-refractivity contribution in [2.45, 2.75) is 13.0 Å². The van der Waals surface area contributed by atoms with Gasteiger partial charge in [0.2, 0.25) is 0 Å². The van der Waals surface area contributed by atoms with Crippen LogP contribution < -0.4 is 5.32 Å². The summed E-state index contributed by atoms with van der Waals surface area (Å²) in [5.41, 5.74) is 0.965. The van der Waals surface area contributed by atoms with Crippen LogP contribution in [0.4, 0.5) is 4.39 Å². The van der Waals surface area contributed by atoms with E-state index in [2.05, 4.69) is 9.88 Å². The van der Waals surface area contributed by atoms with Gasteiger partial charge in [-0.25, -0.2) is 4.39 Å². The van der Waals surface area contributed by atoms with Gasteiger partial charge in [-0.3, -0.25) is 0 Å². The van der Waals surface area contributed by atoms with Crippen LogP contribution >= 0.6 is 0 Å². The van der Waals surface area contributed by atoms with Crippen molar-refractivity contribution < 1.29 is 9.13 Å². The fourth-order valence-corrected chi connectivity index (χ4v) is 2.03. The molecule has 1 aromatic carbocycles. The number of nitrogens with zero attached hydrogens (tertiary/aromatic N) is 1. The van der Waals surface area contributed by atoms with Gasteiger partial charge in [0.1, 0.15) is 5.82 Å². The molecule has 1 heterocycles. The highest BCUT2D eigenvalue weighted by Gasteiger charge is 2.01. The quantitative estimate of drug-likeness (QED) is 0.764. The number of fused-ring (bicyclic) bond motifs is 1. The van der Waals surface area contributed by atoms with Gasteiger partial charge in [0.05, 0.1) is 12.1 Å². The summed E-state index contributed by atoms with van der Waals surface area (Å²) in [7, 11) is 1.70. The topological polar surface area (TPSA) is 26.2 Å². The maximum absolute atomic E-state index is 13.2. The van der Waals surface area contributed by atoms with Crippen LogP contribution in [0.15, 0.2) is 30.5 Å². The molecular formula is C14H19FN2O. The summed E-state index contributed by atoms with van der Waals surface area (Å²) in [5, 5.41) is 4.38. The van der Waals surface area contributed by atoms with Gasteiger partial charge in [-0.05, 0) is 42.6 Å². The van der Waals surface area contributed by atoms with Crippen molar-refractivity contribution in [3.05, 3.63) is 36.3 Å². The first-order valence-corrected chi connectivity index (χ1v) is 6.25. The Labute approximate surface area is 107 Å². The second kappa shape index (κ2) is 6.52. The van der Waals surface area contributed by atoms with Gasteiger partial charge < -0.3 is 14.6 Å². The van der Waals surface area contributed by atoms with Crippen molar-refractivity contribution in [3.63, 3.8) is 0 Å². The number of rotatable bonds is 7. The Kier molecular flexibility index (Phi) is 4.73. The largest absolute Gasteiger partial charge is 0.383 e. The highest BCUT2D eigenvalue weighted by molar-refractivity contribution is 5.80. The van der Waals surface area contributed by atoms with Gasteiger partial charge in [0, 0.05) is 26.4 Å². The van der Waals surface area contributed by atoms with E-state index < -0.39 is 0 Å². The molecule has 2 aromatic rings. The smallest absolute Gasteiger partial charge is 0.125 e. The van der Waals surface area contributed by atoms with E-state index in [0.717, 1.165) is 43.6 Å². The number of halogens is 1. The first kappa shape index (κ1) is 13.1. The molecule has 3 nitrogen and oxygen atoms in total. The van der Waals surface area contributed by atoms with Crippen molar-refractivity contribution in [1.29, 1.82) is 0 Å². The van der Waals surface area contributed by atoms with Gasteiger partial charge in [0.15, 0.2) is 0 Å². The highest BCUT2D eigenvalue weighted by atomic mass is 19.1. The standard InChI is InChI=1S/C14H19FN2O/c1-18-10-7-16-6-2-8-17-9-5-12-3-4-13(15)11-14(12)17/h3-5,9,11,16H,2,6-8,10H2,1H3. The number of methoxy groups -OCH3 is 1. The second-order valence-electron chi connectivity index (χ2n) is 4.31. The monoisotopic (exact) mass is 250 g/mol. The lowest BCUT2D eigenvalue weighted by molar-refractivity contribution is 0.199. The Morgan fingerprint density at radius 2 is 2.17 bits per heavy atom. The van der Waals surface area contributed by atoms with Crippen molar-refractivity contribution in [1.82, 2.24) is 9.88 Å². The van der Waals surface area contributed by atoms with Gasteiger partial charge in [-0.2, -0.15) is 0 Å². The zero-order chi connectivity index (χ0) is 12.8. The Morgan fingerprint density at radius 3 is 3.00 bits per heavy atom. The lowest BCUT2D eigenvalue weighted by atomic mass is 10.2. The number of hydrogen-bond acceptors (Lipinski definition) is 2. The lowest BCUT2D eigenvalue weighted by Gasteiger charge is -2.07. The third-order valence-electron chi connectivity index (χ3n) is 2.97. The minimum atomic E-state index is -0.180. The molecule has 2 rings (SSSR count). The van der Waals surface area contributed by atoms with Crippen LogP contribution in [0.25, 0.3) is 10.9 Å². The average Bonchev–Trinajstić information content (AvgIpc) is 2.76. The van der Waals surface area contributed by atoms with Gasteiger partial charge in [-0.15, -0.1) is 0 Å².